The molecule has 0 bridgehead atoms. The Morgan fingerprint density at radius 1 is 1.04 bits per heavy atom. The smallest absolute Gasteiger partial charge is 0.206 e. The highest BCUT2D eigenvalue weighted by Crippen LogP contribution is 2.33. The van der Waals surface area contributed by atoms with Crippen molar-refractivity contribution >= 4 is 27.2 Å². The highest BCUT2D eigenvalue weighted by Gasteiger charge is 2.23. The zero-order valence-electron chi connectivity index (χ0n) is 14.9. The first-order valence-electron chi connectivity index (χ1n) is 9.29. The Kier molecular flexibility index (Phi) is 4.29. The van der Waals surface area contributed by atoms with Crippen molar-refractivity contribution in [3.05, 3.63) is 53.5 Å². The normalized spacial score (nSPS) is 15.5. The third-order valence-corrected chi connectivity index (χ3v) is 6.31. The lowest BCUT2D eigenvalue weighted by molar-refractivity contribution is 0.403. The summed E-state index contributed by atoms with van der Waals surface area (Å²) >= 11 is 1.84. The first-order chi connectivity index (χ1) is 13.4. The number of rotatable bonds is 4. The number of thiazole rings is 1. The highest BCUT2D eigenvalue weighted by molar-refractivity contribution is 7.18. The van der Waals surface area contributed by atoms with E-state index in [-0.39, 0.29) is 0 Å². The molecule has 1 saturated heterocycles. The molecule has 27 heavy (non-hydrogen) atoms. The van der Waals surface area contributed by atoms with Gasteiger partial charge in [0.1, 0.15) is 0 Å². The second kappa shape index (κ2) is 7.08. The predicted octanol–water partition coefficient (Wildman–Crippen LogP) is 3.94. The molecule has 1 fully saturated rings. The number of nitrogens with zero attached hydrogens (tertiary/aromatic N) is 5. The summed E-state index contributed by atoms with van der Waals surface area (Å²) in [5.74, 6) is 1.35. The number of tetrazole rings is 1. The van der Waals surface area contributed by atoms with E-state index in [9.17, 15) is 0 Å². The van der Waals surface area contributed by atoms with Crippen LogP contribution in [0.2, 0.25) is 0 Å². The number of nitrogens with one attached hydrogen (secondary N) is 1. The summed E-state index contributed by atoms with van der Waals surface area (Å²) in [6.45, 7) is 2.09. The maximum absolute atomic E-state index is 4.81. The van der Waals surface area contributed by atoms with Crippen molar-refractivity contribution in [3.63, 3.8) is 0 Å². The Labute approximate surface area is 161 Å². The second-order valence-corrected chi connectivity index (χ2v) is 8.08. The fraction of sp³-hybridized carbons (Fsp3) is 0.300. The van der Waals surface area contributed by atoms with Crippen molar-refractivity contribution in [1.29, 1.82) is 0 Å². The average molecular weight is 376 g/mol. The Morgan fingerprint density at radius 3 is 2.67 bits per heavy atom. The van der Waals surface area contributed by atoms with Crippen molar-refractivity contribution < 1.29 is 0 Å². The molecule has 136 valence electrons. The minimum absolute atomic E-state index is 0.655. The molecule has 1 aliphatic heterocycles. The second-order valence-electron chi connectivity index (χ2n) is 6.96. The van der Waals surface area contributed by atoms with Gasteiger partial charge < -0.3 is 4.90 Å². The molecule has 5 rings (SSSR count). The molecule has 2 aromatic carbocycles. The van der Waals surface area contributed by atoms with E-state index in [2.05, 4.69) is 68.0 Å². The molecular formula is C20H20N6S. The fourth-order valence-corrected chi connectivity index (χ4v) is 4.93. The average Bonchev–Trinajstić information content (AvgIpc) is 3.38. The zero-order chi connectivity index (χ0) is 18.1. The van der Waals surface area contributed by atoms with Crippen LogP contribution in [0.3, 0.4) is 0 Å². The monoisotopic (exact) mass is 376 g/mol. The number of anilines is 1. The van der Waals surface area contributed by atoms with Gasteiger partial charge in [0, 0.05) is 30.8 Å². The molecule has 0 unspecified atom stereocenters. The Balaban J connectivity index is 1.28. The molecule has 0 radical (unpaired) electrons. The van der Waals surface area contributed by atoms with Gasteiger partial charge in [0.15, 0.2) is 0 Å². The number of H-pyrrole nitrogens is 1. The number of hydrogen-bond donors (Lipinski definition) is 1. The molecule has 0 atom stereocenters. The minimum Gasteiger partial charge on any atom is -0.371 e. The van der Waals surface area contributed by atoms with Gasteiger partial charge in [-0.2, -0.15) is 5.21 Å². The Morgan fingerprint density at radius 2 is 1.85 bits per heavy atom. The molecule has 1 aliphatic rings. The third-order valence-electron chi connectivity index (χ3n) is 5.25. The van der Waals surface area contributed by atoms with Crippen molar-refractivity contribution in [2.24, 2.45) is 5.92 Å². The molecule has 0 saturated carbocycles. The lowest BCUT2D eigenvalue weighted by Crippen LogP contribution is -2.34. The number of para-hydroxylation sites is 2. The lowest BCUT2D eigenvalue weighted by atomic mass is 9.93. The molecule has 6 nitrogen and oxygen atoms in total. The predicted molar refractivity (Wildman–Crippen MR) is 108 cm³/mol. The number of aromatic nitrogens is 5. The molecule has 2 aromatic heterocycles. The van der Waals surface area contributed by atoms with E-state index in [0.717, 1.165) is 30.6 Å². The van der Waals surface area contributed by atoms with Gasteiger partial charge in [-0.15, -0.1) is 21.5 Å². The summed E-state index contributed by atoms with van der Waals surface area (Å²) in [7, 11) is 0. The summed E-state index contributed by atoms with van der Waals surface area (Å²) in [5, 5.41) is 15.8. The van der Waals surface area contributed by atoms with Crippen LogP contribution in [0.25, 0.3) is 21.6 Å². The topological polar surface area (TPSA) is 70.6 Å². The maximum Gasteiger partial charge on any atom is 0.206 e. The quantitative estimate of drug-likeness (QED) is 0.584. The van der Waals surface area contributed by atoms with Crippen LogP contribution in [-0.4, -0.2) is 38.7 Å². The summed E-state index contributed by atoms with van der Waals surface area (Å²) in [5.41, 5.74) is 3.36. The number of piperidine rings is 1. The highest BCUT2D eigenvalue weighted by atomic mass is 32.1. The van der Waals surface area contributed by atoms with E-state index < -0.39 is 0 Å². The number of aromatic amines is 1. The van der Waals surface area contributed by atoms with Crippen molar-refractivity contribution in [1.82, 2.24) is 25.6 Å². The molecular weight excluding hydrogens is 356 g/mol. The molecule has 1 N–H and O–H groups in total. The van der Waals surface area contributed by atoms with Gasteiger partial charge in [-0.25, -0.2) is 4.98 Å². The van der Waals surface area contributed by atoms with Crippen LogP contribution in [0.4, 0.5) is 5.69 Å². The van der Waals surface area contributed by atoms with Crippen LogP contribution in [0.5, 0.6) is 0 Å². The number of hydrogen-bond acceptors (Lipinski definition) is 6. The lowest BCUT2D eigenvalue weighted by Gasteiger charge is -2.34. The van der Waals surface area contributed by atoms with Gasteiger partial charge in [0.05, 0.1) is 15.2 Å². The summed E-state index contributed by atoms with van der Waals surface area (Å²) in [6, 6.07) is 16.7. The van der Waals surface area contributed by atoms with Crippen LogP contribution < -0.4 is 4.90 Å². The summed E-state index contributed by atoms with van der Waals surface area (Å²) in [6.07, 6.45) is 3.44. The molecule has 0 aliphatic carbocycles. The van der Waals surface area contributed by atoms with E-state index in [1.807, 2.05) is 17.4 Å². The summed E-state index contributed by atoms with van der Waals surface area (Å²) < 4.78 is 1.29. The Hall–Kier alpha value is -2.80. The third kappa shape index (κ3) is 3.30. The van der Waals surface area contributed by atoms with Crippen LogP contribution in [0.1, 0.15) is 17.8 Å². The Bertz CT molecular complexity index is 1000. The van der Waals surface area contributed by atoms with Gasteiger partial charge in [0.2, 0.25) is 5.82 Å². The SMILES string of the molecule is c1ccc(N2CCC(Cc3nc4ccccc4s3)CC2)c(-c2nn[nH]n2)c1. The molecule has 0 amide bonds. The van der Waals surface area contributed by atoms with Gasteiger partial charge in [0.25, 0.3) is 0 Å². The minimum atomic E-state index is 0.655. The molecule has 4 aromatic rings. The molecule has 7 heteroatoms. The maximum atomic E-state index is 4.81. The zero-order valence-corrected chi connectivity index (χ0v) is 15.7. The standard InChI is InChI=1S/C20H20N6S/c1-3-7-17(15(5-1)20-22-24-25-23-20)26-11-9-14(10-12-26)13-19-21-16-6-2-4-8-18(16)27-19/h1-8,14H,9-13H2,(H,22,23,24,25). The van der Waals surface area contributed by atoms with E-state index >= 15 is 0 Å². The number of benzene rings is 2. The van der Waals surface area contributed by atoms with Crippen molar-refractivity contribution in [2.75, 3.05) is 18.0 Å². The van der Waals surface area contributed by atoms with E-state index in [1.165, 1.54) is 28.2 Å². The first kappa shape index (κ1) is 16.4. The first-order valence-corrected chi connectivity index (χ1v) is 10.1. The number of fused-ring (bicyclic) bond motifs is 1. The van der Waals surface area contributed by atoms with Gasteiger partial charge >= 0.3 is 0 Å². The van der Waals surface area contributed by atoms with Crippen molar-refractivity contribution in [3.8, 4) is 11.4 Å². The van der Waals surface area contributed by atoms with Crippen molar-refractivity contribution in [2.45, 2.75) is 19.3 Å². The largest absolute Gasteiger partial charge is 0.371 e. The van der Waals surface area contributed by atoms with Crippen LogP contribution >= 0.6 is 11.3 Å². The van der Waals surface area contributed by atoms with E-state index in [4.69, 9.17) is 4.98 Å². The van der Waals surface area contributed by atoms with Crippen LogP contribution in [0, 0.1) is 5.92 Å². The van der Waals surface area contributed by atoms with Gasteiger partial charge in [-0.05, 0) is 48.2 Å². The van der Waals surface area contributed by atoms with Gasteiger partial charge in [-0.1, -0.05) is 24.3 Å². The summed E-state index contributed by atoms with van der Waals surface area (Å²) in [4.78, 5) is 7.25. The van der Waals surface area contributed by atoms with Crippen LogP contribution in [-0.2, 0) is 6.42 Å². The molecule has 3 heterocycles. The van der Waals surface area contributed by atoms with Gasteiger partial charge in [-0.3, -0.25) is 0 Å². The fourth-order valence-electron chi connectivity index (χ4n) is 3.85. The van der Waals surface area contributed by atoms with E-state index in [1.54, 1.807) is 0 Å². The van der Waals surface area contributed by atoms with Crippen LogP contribution in [0.15, 0.2) is 48.5 Å². The molecule has 0 spiro atoms. The van der Waals surface area contributed by atoms with E-state index in [0.29, 0.717) is 11.7 Å².